The van der Waals surface area contributed by atoms with E-state index in [0.29, 0.717) is 17.4 Å². The Balaban J connectivity index is 1.38. The maximum Gasteiger partial charge on any atom is 0.251 e. The van der Waals surface area contributed by atoms with Gasteiger partial charge in [0.2, 0.25) is 0 Å². The number of anilines is 1. The fraction of sp³-hybridized carbons (Fsp3) is 0.346. The highest BCUT2D eigenvalue weighted by molar-refractivity contribution is 5.94. The second-order valence-electron chi connectivity index (χ2n) is 8.33. The minimum atomic E-state index is -0.140. The van der Waals surface area contributed by atoms with Crippen molar-refractivity contribution in [2.24, 2.45) is 5.92 Å². The van der Waals surface area contributed by atoms with Crippen molar-refractivity contribution in [1.82, 2.24) is 5.32 Å². The predicted molar refractivity (Wildman–Crippen MR) is 123 cm³/mol. The molecule has 2 N–H and O–H groups in total. The van der Waals surface area contributed by atoms with Crippen LogP contribution in [-0.4, -0.2) is 37.3 Å². The van der Waals surface area contributed by atoms with Crippen molar-refractivity contribution < 1.29 is 9.90 Å². The zero-order valence-electron chi connectivity index (χ0n) is 17.6. The molecule has 0 radical (unpaired) electrons. The van der Waals surface area contributed by atoms with E-state index in [1.165, 1.54) is 34.9 Å². The third kappa shape index (κ3) is 4.49. The van der Waals surface area contributed by atoms with Gasteiger partial charge in [0, 0.05) is 30.9 Å². The standard InChI is InChI=1S/C26H30N2O2/c1-19(24-8-4-6-21-5-2-3-7-25(21)24)17-20-13-15-28(18-20)23-11-9-22(10-12-23)26(30)27-14-16-29/h2-12,19-20,29H,13-18H2,1H3,(H,27,30)/t19-,20+/m0/s1. The molecule has 4 heteroatoms. The van der Waals surface area contributed by atoms with Gasteiger partial charge in [-0.2, -0.15) is 0 Å². The summed E-state index contributed by atoms with van der Waals surface area (Å²) in [5.41, 5.74) is 3.26. The Morgan fingerprint density at radius 3 is 2.67 bits per heavy atom. The Labute approximate surface area is 178 Å². The van der Waals surface area contributed by atoms with Crippen LogP contribution >= 0.6 is 0 Å². The van der Waals surface area contributed by atoms with E-state index >= 15 is 0 Å². The molecule has 4 nitrogen and oxygen atoms in total. The van der Waals surface area contributed by atoms with E-state index < -0.39 is 0 Å². The minimum Gasteiger partial charge on any atom is -0.395 e. The highest BCUT2D eigenvalue weighted by atomic mass is 16.3. The monoisotopic (exact) mass is 402 g/mol. The lowest BCUT2D eigenvalue weighted by Crippen LogP contribution is -2.26. The average molecular weight is 403 g/mol. The van der Waals surface area contributed by atoms with Crippen LogP contribution in [0.5, 0.6) is 0 Å². The normalized spacial score (nSPS) is 17.3. The van der Waals surface area contributed by atoms with E-state index in [2.05, 4.69) is 59.6 Å². The summed E-state index contributed by atoms with van der Waals surface area (Å²) < 4.78 is 0. The van der Waals surface area contributed by atoms with Crippen LogP contribution < -0.4 is 10.2 Å². The Kier molecular flexibility index (Phi) is 6.34. The molecule has 4 rings (SSSR count). The number of nitrogens with one attached hydrogen (secondary N) is 1. The highest BCUT2D eigenvalue weighted by Crippen LogP contribution is 2.34. The molecular weight excluding hydrogens is 372 g/mol. The van der Waals surface area contributed by atoms with Crippen molar-refractivity contribution in [1.29, 1.82) is 0 Å². The number of rotatable bonds is 7. The van der Waals surface area contributed by atoms with E-state index in [4.69, 9.17) is 5.11 Å². The lowest BCUT2D eigenvalue weighted by atomic mass is 9.87. The van der Waals surface area contributed by atoms with Crippen LogP contribution in [0.25, 0.3) is 10.8 Å². The average Bonchev–Trinajstić information content (AvgIpc) is 3.25. The first-order chi connectivity index (χ1) is 14.7. The van der Waals surface area contributed by atoms with Crippen LogP contribution in [0.2, 0.25) is 0 Å². The first-order valence-electron chi connectivity index (χ1n) is 10.9. The van der Waals surface area contributed by atoms with Gasteiger partial charge in [-0.3, -0.25) is 4.79 Å². The molecule has 0 unspecified atom stereocenters. The van der Waals surface area contributed by atoms with Gasteiger partial charge in [-0.15, -0.1) is 0 Å². The lowest BCUT2D eigenvalue weighted by molar-refractivity contribution is 0.0945. The number of nitrogens with zero attached hydrogens (tertiary/aromatic N) is 1. The number of carbonyl (C=O) groups excluding carboxylic acids is 1. The van der Waals surface area contributed by atoms with Crippen LogP contribution in [0, 0.1) is 5.92 Å². The molecule has 156 valence electrons. The zero-order chi connectivity index (χ0) is 20.9. The van der Waals surface area contributed by atoms with Crippen LogP contribution in [0.4, 0.5) is 5.69 Å². The summed E-state index contributed by atoms with van der Waals surface area (Å²) >= 11 is 0. The van der Waals surface area contributed by atoms with E-state index in [-0.39, 0.29) is 19.1 Å². The summed E-state index contributed by atoms with van der Waals surface area (Å²) in [4.78, 5) is 14.4. The largest absolute Gasteiger partial charge is 0.395 e. The number of hydrogen-bond donors (Lipinski definition) is 2. The number of hydrogen-bond acceptors (Lipinski definition) is 3. The van der Waals surface area contributed by atoms with E-state index in [1.807, 2.05) is 24.3 Å². The zero-order valence-corrected chi connectivity index (χ0v) is 17.6. The summed E-state index contributed by atoms with van der Waals surface area (Å²) in [6.07, 6.45) is 2.39. The molecule has 0 bridgehead atoms. The lowest BCUT2D eigenvalue weighted by Gasteiger charge is -2.21. The van der Waals surface area contributed by atoms with E-state index in [1.54, 1.807) is 0 Å². The SMILES string of the molecule is C[C@@H](C[C@H]1CCN(c2ccc(C(=O)NCCO)cc2)C1)c1cccc2ccccc12. The van der Waals surface area contributed by atoms with Gasteiger partial charge in [-0.05, 0) is 65.3 Å². The Morgan fingerprint density at radius 1 is 1.10 bits per heavy atom. The molecule has 1 aliphatic rings. The van der Waals surface area contributed by atoms with Crippen LogP contribution in [0.1, 0.15) is 41.6 Å². The topological polar surface area (TPSA) is 52.6 Å². The van der Waals surface area contributed by atoms with Crippen molar-refractivity contribution in [2.75, 3.05) is 31.1 Å². The summed E-state index contributed by atoms with van der Waals surface area (Å²) in [5, 5.41) is 14.2. The Bertz CT molecular complexity index is 994. The number of aliphatic hydroxyl groups is 1. The number of fused-ring (bicyclic) bond motifs is 1. The van der Waals surface area contributed by atoms with Crippen molar-refractivity contribution in [3.8, 4) is 0 Å². The molecule has 3 aromatic carbocycles. The van der Waals surface area contributed by atoms with Gasteiger partial charge < -0.3 is 15.3 Å². The number of amides is 1. The maximum absolute atomic E-state index is 12.0. The molecule has 1 amide bonds. The molecular formula is C26H30N2O2. The first-order valence-corrected chi connectivity index (χ1v) is 10.9. The van der Waals surface area contributed by atoms with E-state index in [0.717, 1.165) is 13.1 Å². The summed E-state index contributed by atoms with van der Waals surface area (Å²) in [6, 6.07) is 23.1. The van der Waals surface area contributed by atoms with Crippen LogP contribution in [-0.2, 0) is 0 Å². The molecule has 1 heterocycles. The van der Waals surface area contributed by atoms with Gasteiger partial charge in [-0.25, -0.2) is 0 Å². The van der Waals surface area contributed by atoms with Gasteiger partial charge in [-0.1, -0.05) is 49.4 Å². The molecule has 0 aromatic heterocycles. The van der Waals surface area contributed by atoms with Gasteiger partial charge >= 0.3 is 0 Å². The van der Waals surface area contributed by atoms with Crippen molar-refractivity contribution in [3.63, 3.8) is 0 Å². The minimum absolute atomic E-state index is 0.0454. The summed E-state index contributed by atoms with van der Waals surface area (Å²) in [7, 11) is 0. The smallest absolute Gasteiger partial charge is 0.251 e. The predicted octanol–water partition coefficient (Wildman–Crippen LogP) is 4.58. The van der Waals surface area contributed by atoms with Gasteiger partial charge in [0.25, 0.3) is 5.91 Å². The third-order valence-corrected chi connectivity index (χ3v) is 6.22. The van der Waals surface area contributed by atoms with Gasteiger partial charge in [0.15, 0.2) is 0 Å². The van der Waals surface area contributed by atoms with E-state index in [9.17, 15) is 4.79 Å². The first kappa shape index (κ1) is 20.4. The Morgan fingerprint density at radius 2 is 1.87 bits per heavy atom. The fourth-order valence-electron chi connectivity index (χ4n) is 4.66. The molecule has 30 heavy (non-hydrogen) atoms. The number of benzene rings is 3. The quantitative estimate of drug-likeness (QED) is 0.608. The number of carbonyl (C=O) groups is 1. The molecule has 1 fully saturated rings. The summed E-state index contributed by atoms with van der Waals surface area (Å²) in [5.74, 6) is 1.06. The van der Waals surface area contributed by atoms with Crippen LogP contribution in [0.3, 0.4) is 0 Å². The third-order valence-electron chi connectivity index (χ3n) is 6.22. The number of aliphatic hydroxyl groups excluding tert-OH is 1. The molecule has 2 atom stereocenters. The van der Waals surface area contributed by atoms with Crippen LogP contribution in [0.15, 0.2) is 66.7 Å². The second-order valence-corrected chi connectivity index (χ2v) is 8.33. The van der Waals surface area contributed by atoms with Crippen molar-refractivity contribution in [3.05, 3.63) is 77.9 Å². The molecule has 0 aliphatic carbocycles. The maximum atomic E-state index is 12.0. The summed E-state index contributed by atoms with van der Waals surface area (Å²) in [6.45, 7) is 4.71. The van der Waals surface area contributed by atoms with Crippen molar-refractivity contribution >= 4 is 22.4 Å². The molecule has 1 aliphatic heterocycles. The molecule has 0 saturated carbocycles. The molecule has 3 aromatic rings. The fourth-order valence-corrected chi connectivity index (χ4v) is 4.66. The van der Waals surface area contributed by atoms with Crippen molar-refractivity contribution in [2.45, 2.75) is 25.7 Å². The van der Waals surface area contributed by atoms with Gasteiger partial charge in [0.1, 0.15) is 0 Å². The van der Waals surface area contributed by atoms with Gasteiger partial charge in [0.05, 0.1) is 6.61 Å². The molecule has 1 saturated heterocycles. The molecule has 0 spiro atoms. The Hall–Kier alpha value is -2.85. The second kappa shape index (κ2) is 9.31. The highest BCUT2D eigenvalue weighted by Gasteiger charge is 2.25.